The number of thiazole rings is 1. The maximum Gasteiger partial charge on any atom is 0.156 e. The van der Waals surface area contributed by atoms with Gasteiger partial charge < -0.3 is 5.32 Å². The van der Waals surface area contributed by atoms with Gasteiger partial charge in [0.1, 0.15) is 5.01 Å². The number of nitrogens with zero attached hydrogens (tertiary/aromatic N) is 2. The van der Waals surface area contributed by atoms with E-state index in [-0.39, 0.29) is 0 Å². The first-order chi connectivity index (χ1) is 7.55. The first kappa shape index (κ1) is 11.9. The quantitative estimate of drug-likeness (QED) is 0.883. The summed E-state index contributed by atoms with van der Waals surface area (Å²) in [4.78, 5) is 8.96. The van der Waals surface area contributed by atoms with Crippen molar-refractivity contribution in [1.82, 2.24) is 10.3 Å². The van der Waals surface area contributed by atoms with Crippen molar-refractivity contribution in [2.45, 2.75) is 27.3 Å². The largest absolute Gasteiger partial charge is 0.358 e. The lowest BCUT2D eigenvalue weighted by atomic mass is 9.97. The standard InChI is InChI=1S/C11H17N3S2/c1-8-5-15-9(14-8)4-12-10-13-6-11(2,3)7-16-10/h5H,4,6-7H2,1-3H3,(H,12,13). The zero-order chi connectivity index (χ0) is 11.6. The smallest absolute Gasteiger partial charge is 0.156 e. The Morgan fingerprint density at radius 1 is 1.50 bits per heavy atom. The summed E-state index contributed by atoms with van der Waals surface area (Å²) in [7, 11) is 0. The molecule has 1 N–H and O–H groups in total. The van der Waals surface area contributed by atoms with Gasteiger partial charge in [-0.25, -0.2) is 4.98 Å². The number of aliphatic imine (C=N–C) groups is 1. The highest BCUT2D eigenvalue weighted by molar-refractivity contribution is 8.13. The summed E-state index contributed by atoms with van der Waals surface area (Å²) in [5.41, 5.74) is 1.44. The van der Waals surface area contributed by atoms with Gasteiger partial charge in [0.05, 0.1) is 6.54 Å². The van der Waals surface area contributed by atoms with E-state index in [0.29, 0.717) is 5.41 Å². The van der Waals surface area contributed by atoms with E-state index in [0.717, 1.165) is 34.7 Å². The van der Waals surface area contributed by atoms with Crippen LogP contribution in [0.1, 0.15) is 24.5 Å². The Labute approximate surface area is 105 Å². The third kappa shape index (κ3) is 3.22. The summed E-state index contributed by atoms with van der Waals surface area (Å²) in [6, 6.07) is 0. The van der Waals surface area contributed by atoms with Crippen molar-refractivity contribution in [3.8, 4) is 0 Å². The highest BCUT2D eigenvalue weighted by atomic mass is 32.2. The molecule has 0 aromatic carbocycles. The van der Waals surface area contributed by atoms with Crippen LogP contribution in [0, 0.1) is 12.3 Å². The molecule has 1 aromatic heterocycles. The predicted molar refractivity (Wildman–Crippen MR) is 72.2 cm³/mol. The number of rotatable bonds is 2. The normalized spacial score (nSPS) is 19.3. The Bertz CT molecular complexity index is 396. The zero-order valence-corrected chi connectivity index (χ0v) is 11.5. The molecule has 0 aliphatic carbocycles. The molecule has 2 rings (SSSR count). The summed E-state index contributed by atoms with van der Waals surface area (Å²) >= 11 is 3.51. The van der Waals surface area contributed by atoms with Gasteiger partial charge in [-0.2, -0.15) is 0 Å². The Kier molecular flexibility index (Phi) is 3.54. The van der Waals surface area contributed by atoms with Crippen LogP contribution in [0.3, 0.4) is 0 Å². The Balaban J connectivity index is 1.85. The second kappa shape index (κ2) is 4.75. The van der Waals surface area contributed by atoms with Crippen LogP contribution in [0.25, 0.3) is 0 Å². The molecule has 0 radical (unpaired) electrons. The van der Waals surface area contributed by atoms with Crippen LogP contribution >= 0.6 is 23.1 Å². The maximum absolute atomic E-state index is 4.55. The summed E-state index contributed by atoms with van der Waals surface area (Å²) in [6.45, 7) is 8.24. The fourth-order valence-corrected chi connectivity index (χ4v) is 3.04. The van der Waals surface area contributed by atoms with Crippen molar-refractivity contribution in [2.75, 3.05) is 12.3 Å². The summed E-state index contributed by atoms with van der Waals surface area (Å²) < 4.78 is 0. The van der Waals surface area contributed by atoms with Crippen molar-refractivity contribution >= 4 is 28.3 Å². The molecule has 1 aliphatic rings. The minimum absolute atomic E-state index is 0.341. The van der Waals surface area contributed by atoms with Crippen molar-refractivity contribution in [3.63, 3.8) is 0 Å². The van der Waals surface area contributed by atoms with Gasteiger partial charge in [-0.15, -0.1) is 11.3 Å². The van der Waals surface area contributed by atoms with Crippen LogP contribution in [-0.2, 0) is 6.54 Å². The molecule has 0 saturated heterocycles. The first-order valence-electron chi connectivity index (χ1n) is 5.37. The van der Waals surface area contributed by atoms with Crippen LogP contribution < -0.4 is 5.32 Å². The average molecular weight is 255 g/mol. The highest BCUT2D eigenvalue weighted by Crippen LogP contribution is 2.27. The molecule has 0 saturated carbocycles. The summed E-state index contributed by atoms with van der Waals surface area (Å²) in [5.74, 6) is 1.13. The topological polar surface area (TPSA) is 37.3 Å². The monoisotopic (exact) mass is 255 g/mol. The molecule has 0 spiro atoms. The molecular weight excluding hydrogens is 238 g/mol. The van der Waals surface area contributed by atoms with Gasteiger partial charge in [0.15, 0.2) is 5.17 Å². The number of hydrogen-bond donors (Lipinski definition) is 1. The SMILES string of the molecule is Cc1csc(CNC2=NCC(C)(C)CS2)n1. The molecule has 0 amide bonds. The molecule has 88 valence electrons. The van der Waals surface area contributed by atoms with E-state index in [4.69, 9.17) is 0 Å². The maximum atomic E-state index is 4.55. The lowest BCUT2D eigenvalue weighted by molar-refractivity contribution is 0.436. The van der Waals surface area contributed by atoms with Crippen LogP contribution in [0.15, 0.2) is 10.4 Å². The number of aromatic nitrogens is 1. The van der Waals surface area contributed by atoms with Crippen molar-refractivity contribution in [3.05, 3.63) is 16.1 Å². The molecule has 1 aliphatic heterocycles. The number of nitrogens with one attached hydrogen (secondary N) is 1. The van der Waals surface area contributed by atoms with E-state index in [1.807, 2.05) is 18.7 Å². The molecule has 2 heterocycles. The number of thioether (sulfide) groups is 1. The van der Waals surface area contributed by atoms with Gasteiger partial charge in [-0.3, -0.25) is 4.99 Å². The average Bonchev–Trinajstić information content (AvgIpc) is 2.63. The second-order valence-corrected chi connectivity index (χ2v) is 6.72. The Hall–Kier alpha value is -0.550. The van der Waals surface area contributed by atoms with Gasteiger partial charge in [0, 0.05) is 23.4 Å². The van der Waals surface area contributed by atoms with Crippen LogP contribution in [0.2, 0.25) is 0 Å². The molecule has 0 unspecified atom stereocenters. The molecule has 0 atom stereocenters. The van der Waals surface area contributed by atoms with E-state index in [1.165, 1.54) is 0 Å². The van der Waals surface area contributed by atoms with Gasteiger partial charge in [0.2, 0.25) is 0 Å². The molecule has 5 heteroatoms. The molecule has 0 fully saturated rings. The van der Waals surface area contributed by atoms with Gasteiger partial charge in [0.25, 0.3) is 0 Å². The third-order valence-electron chi connectivity index (χ3n) is 2.31. The van der Waals surface area contributed by atoms with E-state index in [2.05, 4.69) is 34.5 Å². The molecule has 1 aromatic rings. The lowest BCUT2D eigenvalue weighted by Gasteiger charge is -2.27. The van der Waals surface area contributed by atoms with Crippen LogP contribution in [-0.4, -0.2) is 22.4 Å². The molecule has 16 heavy (non-hydrogen) atoms. The van der Waals surface area contributed by atoms with Crippen molar-refractivity contribution < 1.29 is 0 Å². The Morgan fingerprint density at radius 2 is 2.31 bits per heavy atom. The van der Waals surface area contributed by atoms with Gasteiger partial charge in [-0.1, -0.05) is 25.6 Å². The highest BCUT2D eigenvalue weighted by Gasteiger charge is 2.23. The van der Waals surface area contributed by atoms with E-state index < -0.39 is 0 Å². The molecule has 3 nitrogen and oxygen atoms in total. The van der Waals surface area contributed by atoms with Crippen molar-refractivity contribution in [1.29, 1.82) is 0 Å². The predicted octanol–water partition coefficient (Wildman–Crippen LogP) is 2.67. The molecule has 0 bridgehead atoms. The lowest BCUT2D eigenvalue weighted by Crippen LogP contribution is -2.30. The summed E-state index contributed by atoms with van der Waals surface area (Å²) in [5, 5.41) is 7.62. The van der Waals surface area contributed by atoms with E-state index in [1.54, 1.807) is 11.3 Å². The van der Waals surface area contributed by atoms with Gasteiger partial charge in [-0.05, 0) is 12.3 Å². The number of amidine groups is 1. The van der Waals surface area contributed by atoms with Crippen LogP contribution in [0.5, 0.6) is 0 Å². The fourth-order valence-electron chi connectivity index (χ4n) is 1.38. The Morgan fingerprint density at radius 3 is 2.88 bits per heavy atom. The number of hydrogen-bond acceptors (Lipinski definition) is 5. The fraction of sp³-hybridized carbons (Fsp3) is 0.636. The third-order valence-corrected chi connectivity index (χ3v) is 4.75. The van der Waals surface area contributed by atoms with E-state index >= 15 is 0 Å². The van der Waals surface area contributed by atoms with Gasteiger partial charge >= 0.3 is 0 Å². The minimum atomic E-state index is 0.341. The first-order valence-corrected chi connectivity index (χ1v) is 7.24. The molecular formula is C11H17N3S2. The summed E-state index contributed by atoms with van der Waals surface area (Å²) in [6.07, 6.45) is 0. The minimum Gasteiger partial charge on any atom is -0.358 e. The van der Waals surface area contributed by atoms with Crippen LogP contribution in [0.4, 0.5) is 0 Å². The van der Waals surface area contributed by atoms with E-state index in [9.17, 15) is 0 Å². The number of aryl methyl sites for hydroxylation is 1. The second-order valence-electron chi connectivity index (χ2n) is 4.81. The zero-order valence-electron chi connectivity index (χ0n) is 9.91. The van der Waals surface area contributed by atoms with Crippen molar-refractivity contribution in [2.24, 2.45) is 10.4 Å².